The second kappa shape index (κ2) is 25.3. The van der Waals surface area contributed by atoms with Gasteiger partial charge in [-0.25, -0.2) is 8.78 Å². The predicted octanol–water partition coefficient (Wildman–Crippen LogP) is 16.1. The fourth-order valence-electron chi connectivity index (χ4n) is 10.2. The first-order chi connectivity index (χ1) is 38.1. The molecule has 2 aliphatic rings. The highest BCUT2D eigenvalue weighted by Gasteiger charge is 2.30. The van der Waals surface area contributed by atoms with E-state index in [2.05, 4.69) is 51.3 Å². The van der Waals surface area contributed by atoms with Crippen LogP contribution in [0.25, 0.3) is 55.4 Å². The number of fused-ring (bicyclic) bond motifs is 2. The number of phenols is 1. The van der Waals surface area contributed by atoms with Crippen molar-refractivity contribution < 1.29 is 31.2 Å². The Morgan fingerprint density at radius 3 is 1.30 bits per heavy atom. The van der Waals surface area contributed by atoms with Gasteiger partial charge in [-0.05, 0) is 163 Å². The fraction of sp³-hybridized carbons (Fsp3) is 0.311. The summed E-state index contributed by atoms with van der Waals surface area (Å²) in [5, 5.41) is 13.4. The van der Waals surface area contributed by atoms with Gasteiger partial charge >= 0.3 is 0 Å². The smallest absolute Gasteiger partial charge is 0.264 e. The molecule has 0 aliphatic carbocycles. The Balaban J connectivity index is 0.000000175. The van der Waals surface area contributed by atoms with Crippen molar-refractivity contribution in [1.29, 1.82) is 0 Å². The van der Waals surface area contributed by atoms with Crippen LogP contribution in [0.1, 0.15) is 67.2 Å². The molecule has 10 rings (SSSR count). The van der Waals surface area contributed by atoms with Gasteiger partial charge in [0.05, 0.1) is 64.9 Å². The molecule has 4 heterocycles. The van der Waals surface area contributed by atoms with Gasteiger partial charge in [-0.1, -0.05) is 81.7 Å². The van der Waals surface area contributed by atoms with Gasteiger partial charge in [0.1, 0.15) is 29.2 Å². The maximum Gasteiger partial charge on any atom is 0.264 e. The van der Waals surface area contributed by atoms with Crippen molar-refractivity contribution in [2.45, 2.75) is 90.5 Å². The normalized spacial score (nSPS) is 15.0. The number of nitrogens with zero attached hydrogens (tertiary/aromatic N) is 4. The molecule has 20 heteroatoms. The van der Waals surface area contributed by atoms with E-state index < -0.39 is 21.8 Å². The molecule has 0 atom stereocenters. The van der Waals surface area contributed by atoms with Crippen molar-refractivity contribution in [2.24, 2.45) is 0 Å². The predicted molar refractivity (Wildman–Crippen MR) is 327 cm³/mol. The summed E-state index contributed by atoms with van der Waals surface area (Å²) in [6, 6.07) is 31.2. The Morgan fingerprint density at radius 1 is 0.506 bits per heavy atom. The van der Waals surface area contributed by atoms with Crippen LogP contribution in [0, 0.1) is 11.6 Å². The highest BCUT2D eigenvalue weighted by molar-refractivity contribution is 7.86. The lowest BCUT2D eigenvalue weighted by atomic mass is 9.98. The zero-order valence-corrected chi connectivity index (χ0v) is 50.8. The van der Waals surface area contributed by atoms with Gasteiger partial charge in [-0.15, -0.1) is 0 Å². The highest BCUT2D eigenvalue weighted by atomic mass is 35.5. The van der Waals surface area contributed by atoms with Crippen molar-refractivity contribution in [1.82, 2.24) is 18.9 Å². The largest absolute Gasteiger partial charge is 0.508 e. The number of halogens is 8. The lowest BCUT2D eigenvalue weighted by molar-refractivity contribution is 0.0492. The molecule has 2 fully saturated rings. The summed E-state index contributed by atoms with van der Waals surface area (Å²) in [5.41, 5.74) is 3.64. The van der Waals surface area contributed by atoms with Crippen molar-refractivity contribution in [2.75, 3.05) is 32.4 Å². The van der Waals surface area contributed by atoms with Crippen LogP contribution in [0.3, 0.4) is 0 Å². The molecule has 0 spiro atoms. The number of aromatic nitrogens is 2. The lowest BCUT2D eigenvalue weighted by Crippen LogP contribution is -2.48. The third-order valence-electron chi connectivity index (χ3n) is 14.1. The van der Waals surface area contributed by atoms with E-state index in [1.54, 1.807) is 54.6 Å². The summed E-state index contributed by atoms with van der Waals surface area (Å²) < 4.78 is 63.6. The number of benzene rings is 6. The minimum absolute atomic E-state index is 0.00961. The van der Waals surface area contributed by atoms with E-state index in [0.29, 0.717) is 65.8 Å². The Morgan fingerprint density at radius 2 is 0.901 bits per heavy atom. The number of hydrogen-bond donors (Lipinski definition) is 1. The second-order valence-electron chi connectivity index (χ2n) is 21.9. The average molecular weight is 1240 g/mol. The van der Waals surface area contributed by atoms with Gasteiger partial charge in [0.2, 0.25) is 0 Å². The molecule has 6 aromatic carbocycles. The molecule has 2 saturated heterocycles. The highest BCUT2D eigenvalue weighted by Crippen LogP contribution is 2.41. The number of likely N-dealkylation sites (tertiary alicyclic amines) is 2. The van der Waals surface area contributed by atoms with Crippen molar-refractivity contribution in [3.8, 4) is 45.1 Å². The summed E-state index contributed by atoms with van der Waals surface area (Å²) in [5.74, 6) is -0.408. The van der Waals surface area contributed by atoms with Gasteiger partial charge < -0.3 is 9.84 Å². The number of hydrogen-bond acceptors (Lipinski definition) is 9. The van der Waals surface area contributed by atoms with E-state index in [-0.39, 0.29) is 60.2 Å². The molecular formula is C61H60Cl6F2N4O7S. The van der Waals surface area contributed by atoms with Crippen molar-refractivity contribution in [3.63, 3.8) is 0 Å². The van der Waals surface area contributed by atoms with E-state index in [1.165, 1.54) is 63.7 Å². The number of phenolic OH excluding ortho intramolecular Hbond substituents is 1. The monoisotopic (exact) mass is 1240 g/mol. The summed E-state index contributed by atoms with van der Waals surface area (Å²) >= 11 is 38.4. The van der Waals surface area contributed by atoms with E-state index in [4.69, 9.17) is 78.5 Å². The van der Waals surface area contributed by atoms with Crippen LogP contribution in [-0.4, -0.2) is 88.2 Å². The molecule has 2 aromatic heterocycles. The third kappa shape index (κ3) is 14.8. The number of pyridine rings is 2. The molecule has 0 bridgehead atoms. The third-order valence-corrected chi connectivity index (χ3v) is 16.6. The topological polar surface area (TPSA) is 123 Å². The van der Waals surface area contributed by atoms with Gasteiger partial charge in [0.25, 0.3) is 21.2 Å². The molecule has 0 unspecified atom stereocenters. The van der Waals surface area contributed by atoms with Gasteiger partial charge in [0, 0.05) is 83.4 Å². The first kappa shape index (κ1) is 61.8. The Kier molecular flexibility index (Phi) is 19.3. The molecule has 2 aliphatic heterocycles. The maximum atomic E-state index is 13.9. The average Bonchev–Trinajstić information content (AvgIpc) is 3.43. The van der Waals surface area contributed by atoms with E-state index in [0.717, 1.165) is 63.5 Å². The first-order valence-corrected chi connectivity index (χ1v) is 30.1. The van der Waals surface area contributed by atoms with Crippen LogP contribution in [0.2, 0.25) is 30.1 Å². The molecule has 0 radical (unpaired) electrons. The zero-order valence-electron chi connectivity index (χ0n) is 45.5. The van der Waals surface area contributed by atoms with Crippen LogP contribution in [0.4, 0.5) is 8.78 Å². The molecular weight excluding hydrogens is 1180 g/mol. The summed E-state index contributed by atoms with van der Waals surface area (Å²) in [6.45, 7) is 16.8. The van der Waals surface area contributed by atoms with Crippen LogP contribution >= 0.6 is 69.6 Å². The van der Waals surface area contributed by atoms with Crippen molar-refractivity contribution in [3.05, 3.63) is 184 Å². The van der Waals surface area contributed by atoms with Gasteiger partial charge in [-0.2, -0.15) is 8.42 Å². The second-order valence-corrected chi connectivity index (χ2v) is 25.9. The van der Waals surface area contributed by atoms with Crippen LogP contribution in [-0.2, 0) is 14.3 Å². The summed E-state index contributed by atoms with van der Waals surface area (Å²) in [7, 11) is -3.30. The van der Waals surface area contributed by atoms with Crippen LogP contribution < -0.4 is 15.9 Å². The molecule has 428 valence electrons. The molecule has 1 N–H and O–H groups in total. The van der Waals surface area contributed by atoms with Gasteiger partial charge in [0.15, 0.2) is 0 Å². The molecule has 8 aromatic rings. The fourth-order valence-corrected chi connectivity index (χ4v) is 12.5. The van der Waals surface area contributed by atoms with E-state index >= 15 is 0 Å². The van der Waals surface area contributed by atoms with Crippen LogP contribution in [0.5, 0.6) is 11.5 Å². The summed E-state index contributed by atoms with van der Waals surface area (Å²) in [6.07, 6.45) is 4.34. The number of aromatic hydroxyl groups is 1. The lowest BCUT2D eigenvalue weighted by Gasteiger charge is -2.40. The van der Waals surface area contributed by atoms with Crippen molar-refractivity contribution >= 4 is 102 Å². The number of ether oxygens (including phenoxy) is 1. The quantitative estimate of drug-likeness (QED) is 0.148. The molecule has 11 nitrogen and oxygen atoms in total. The van der Waals surface area contributed by atoms with Crippen LogP contribution in [0.15, 0.2) is 131 Å². The number of rotatable bonds is 8. The minimum atomic E-state index is -3.30. The SMILES string of the molecule is CC(C)(C)N1CCC(OS(C)(=O)=O)CC1.CC(C)(C)N1CCC(Oc2cc(-c3ccc(F)cc3Cl)c3ccc(=O)n(-c4c(Cl)cccc4Cl)c3c2)CC1.O=c1ccc2c(-c3ccc(F)cc3Cl)cc(O)cc2n1-c1c(Cl)cccc1Cl. The standard InChI is InChI=1S/C30H28Cl3FN2O2.C21H11Cl3FNO2.C10H21NO3S/c1-30(2,3)35-13-11-19(12-14-35)38-20-16-23(21-8-7-18(34)15-26(21)33)22-9-10-28(37)36(27(22)17-20)29-24(31)5-4-6-25(29)32;22-16-2-1-3-17(23)21(16)26-19-10-12(27)9-15(14(19)6-7-20(26)28)13-5-4-11(25)8-18(13)24;1-10(2,3)11-7-5-9(6-8-11)14-15(4,12)13/h4-10,15-17,19H,11-14H2,1-3H3;1-10,27H;9H,5-8H2,1-4H3. The van der Waals surface area contributed by atoms with E-state index in [9.17, 15) is 31.9 Å². The maximum absolute atomic E-state index is 13.9. The van der Waals surface area contributed by atoms with E-state index in [1.807, 2.05) is 12.1 Å². The molecule has 0 amide bonds. The Bertz CT molecular complexity index is 3850. The summed E-state index contributed by atoms with van der Waals surface area (Å²) in [4.78, 5) is 30.8. The Hall–Kier alpha value is -5.23. The molecule has 81 heavy (non-hydrogen) atoms. The Labute approximate surface area is 500 Å². The van der Waals surface area contributed by atoms with Gasteiger partial charge in [-0.3, -0.25) is 32.7 Å². The number of piperidine rings is 2. The first-order valence-electron chi connectivity index (χ1n) is 26.0. The molecule has 0 saturated carbocycles. The zero-order chi connectivity index (χ0) is 58.9. The number of para-hydroxylation sites is 2. The minimum Gasteiger partial charge on any atom is -0.508 e.